The predicted molar refractivity (Wildman–Crippen MR) is 50.8 cm³/mol. The van der Waals surface area contributed by atoms with Gasteiger partial charge < -0.3 is 5.73 Å². The Kier molecular flexibility index (Phi) is 2.30. The number of hydrogen-bond acceptors (Lipinski definition) is 3. The number of hydrogen-bond donors (Lipinski definition) is 1. The van der Waals surface area contributed by atoms with Gasteiger partial charge in [0, 0.05) is 12.4 Å². The molecule has 0 amide bonds. The van der Waals surface area contributed by atoms with E-state index in [1.54, 1.807) is 0 Å². The van der Waals surface area contributed by atoms with Crippen LogP contribution in [-0.2, 0) is 6.18 Å². The molecule has 2 rings (SSSR count). The maximum Gasteiger partial charge on any atom is 0.435 e. The second-order valence-corrected chi connectivity index (χ2v) is 3.06. The first-order chi connectivity index (χ1) is 7.50. The zero-order valence-electron chi connectivity index (χ0n) is 7.94. The van der Waals surface area contributed by atoms with E-state index < -0.39 is 17.6 Å². The molecule has 2 aromatic heterocycles. The Balaban J connectivity index is 2.60. The molecule has 84 valence electrons. The van der Waals surface area contributed by atoms with Crippen LogP contribution in [0, 0.1) is 0 Å². The summed E-state index contributed by atoms with van der Waals surface area (Å²) >= 11 is 0. The second-order valence-electron chi connectivity index (χ2n) is 3.06. The molecule has 0 aliphatic rings. The third kappa shape index (κ3) is 1.71. The van der Waals surface area contributed by atoms with Gasteiger partial charge in [0.05, 0.1) is 17.6 Å². The zero-order chi connectivity index (χ0) is 11.8. The van der Waals surface area contributed by atoms with Gasteiger partial charge in [-0.25, -0.2) is 4.68 Å². The maximum atomic E-state index is 12.7. The van der Waals surface area contributed by atoms with E-state index in [0.29, 0.717) is 0 Å². The fourth-order valence-electron chi connectivity index (χ4n) is 1.33. The van der Waals surface area contributed by atoms with Crippen LogP contribution in [0.15, 0.2) is 30.7 Å². The molecule has 0 spiro atoms. The van der Waals surface area contributed by atoms with Crippen molar-refractivity contribution >= 4 is 5.69 Å². The fourth-order valence-corrected chi connectivity index (χ4v) is 1.33. The first kappa shape index (κ1) is 10.5. The quantitative estimate of drug-likeness (QED) is 0.810. The number of nitrogen functional groups attached to an aromatic ring is 1. The van der Waals surface area contributed by atoms with Crippen molar-refractivity contribution in [1.29, 1.82) is 0 Å². The number of nitrogens with zero attached hydrogens (tertiary/aromatic N) is 3. The minimum Gasteiger partial charge on any atom is -0.396 e. The standard InChI is InChI=1S/C9H7F3N4/c10-9(11,12)8-7(13)5-15-16(8)6-1-3-14-4-2-6/h1-5H,13H2. The topological polar surface area (TPSA) is 56.7 Å². The van der Waals surface area contributed by atoms with Gasteiger partial charge in [0.15, 0.2) is 5.69 Å². The Hall–Kier alpha value is -2.05. The van der Waals surface area contributed by atoms with Crippen LogP contribution in [-0.4, -0.2) is 14.8 Å². The van der Waals surface area contributed by atoms with Crippen LogP contribution in [0.2, 0.25) is 0 Å². The molecule has 0 aliphatic carbocycles. The SMILES string of the molecule is Nc1cnn(-c2ccncc2)c1C(F)(F)F. The fraction of sp³-hybridized carbons (Fsp3) is 0.111. The number of aromatic nitrogens is 3. The molecule has 2 N–H and O–H groups in total. The van der Waals surface area contributed by atoms with Gasteiger partial charge in [0.2, 0.25) is 0 Å². The van der Waals surface area contributed by atoms with E-state index in [9.17, 15) is 13.2 Å². The van der Waals surface area contributed by atoms with Gasteiger partial charge in [-0.3, -0.25) is 4.98 Å². The molecular weight excluding hydrogens is 221 g/mol. The molecule has 7 heteroatoms. The smallest absolute Gasteiger partial charge is 0.396 e. The lowest BCUT2D eigenvalue weighted by atomic mass is 10.3. The van der Waals surface area contributed by atoms with Gasteiger partial charge in [-0.1, -0.05) is 0 Å². The van der Waals surface area contributed by atoms with E-state index in [4.69, 9.17) is 5.73 Å². The highest BCUT2D eigenvalue weighted by molar-refractivity contribution is 5.47. The maximum absolute atomic E-state index is 12.7. The van der Waals surface area contributed by atoms with Crippen molar-refractivity contribution in [2.24, 2.45) is 0 Å². The predicted octanol–water partition coefficient (Wildman–Crippen LogP) is 1.87. The molecule has 0 saturated carbocycles. The number of halogens is 3. The Labute approximate surface area is 88.5 Å². The van der Waals surface area contributed by atoms with Crippen molar-refractivity contribution in [3.63, 3.8) is 0 Å². The van der Waals surface area contributed by atoms with Crippen LogP contribution in [0.5, 0.6) is 0 Å². The molecule has 0 aliphatic heterocycles. The molecule has 2 aromatic rings. The summed E-state index contributed by atoms with van der Waals surface area (Å²) in [5.41, 5.74) is 4.14. The van der Waals surface area contributed by atoms with Gasteiger partial charge in [-0.15, -0.1) is 0 Å². The summed E-state index contributed by atoms with van der Waals surface area (Å²) in [6, 6.07) is 2.84. The number of rotatable bonds is 1. The summed E-state index contributed by atoms with van der Waals surface area (Å²) in [5, 5.41) is 3.60. The van der Waals surface area contributed by atoms with Crippen LogP contribution in [0.3, 0.4) is 0 Å². The lowest BCUT2D eigenvalue weighted by molar-refractivity contribution is -0.142. The molecule has 0 unspecified atom stereocenters. The van der Waals surface area contributed by atoms with Gasteiger partial charge in [-0.2, -0.15) is 18.3 Å². The van der Waals surface area contributed by atoms with Crippen LogP contribution in [0.1, 0.15) is 5.69 Å². The van der Waals surface area contributed by atoms with Crippen LogP contribution in [0.25, 0.3) is 5.69 Å². The summed E-state index contributed by atoms with van der Waals surface area (Å²) in [5.74, 6) is 0. The van der Waals surface area contributed by atoms with Crippen molar-refractivity contribution in [2.45, 2.75) is 6.18 Å². The molecule has 0 atom stereocenters. The number of anilines is 1. The van der Waals surface area contributed by atoms with E-state index in [1.807, 2.05) is 0 Å². The van der Waals surface area contributed by atoms with Crippen molar-refractivity contribution in [2.75, 3.05) is 5.73 Å². The second kappa shape index (κ2) is 3.51. The molecule has 4 nitrogen and oxygen atoms in total. The lowest BCUT2D eigenvalue weighted by Gasteiger charge is -2.10. The summed E-state index contributed by atoms with van der Waals surface area (Å²) in [4.78, 5) is 3.72. The number of pyridine rings is 1. The van der Waals surface area contributed by atoms with Gasteiger partial charge in [-0.05, 0) is 12.1 Å². The average Bonchev–Trinajstić information content (AvgIpc) is 2.61. The molecule has 0 bridgehead atoms. The lowest BCUT2D eigenvalue weighted by Crippen LogP contribution is -2.15. The first-order valence-electron chi connectivity index (χ1n) is 4.31. The molecule has 0 aromatic carbocycles. The van der Waals surface area contributed by atoms with Crippen LogP contribution < -0.4 is 5.73 Å². The summed E-state index contributed by atoms with van der Waals surface area (Å²) in [7, 11) is 0. The van der Waals surface area contributed by atoms with Gasteiger partial charge >= 0.3 is 6.18 Å². The summed E-state index contributed by atoms with van der Waals surface area (Å²) in [6.45, 7) is 0. The van der Waals surface area contributed by atoms with Crippen molar-refractivity contribution < 1.29 is 13.2 Å². The zero-order valence-corrected chi connectivity index (χ0v) is 7.94. The molecule has 0 saturated heterocycles. The third-order valence-corrected chi connectivity index (χ3v) is 1.97. The summed E-state index contributed by atoms with van der Waals surface area (Å²) in [6.07, 6.45) is -0.798. The van der Waals surface area contributed by atoms with E-state index >= 15 is 0 Å². The number of alkyl halides is 3. The largest absolute Gasteiger partial charge is 0.435 e. The Morgan fingerprint density at radius 2 is 1.81 bits per heavy atom. The van der Waals surface area contributed by atoms with Crippen molar-refractivity contribution in [1.82, 2.24) is 14.8 Å². The van der Waals surface area contributed by atoms with Gasteiger partial charge in [0.1, 0.15) is 0 Å². The van der Waals surface area contributed by atoms with E-state index in [2.05, 4.69) is 10.1 Å². The Morgan fingerprint density at radius 1 is 1.19 bits per heavy atom. The van der Waals surface area contributed by atoms with Crippen molar-refractivity contribution in [3.8, 4) is 5.69 Å². The number of nitrogens with two attached hydrogens (primary N) is 1. The van der Waals surface area contributed by atoms with Gasteiger partial charge in [0.25, 0.3) is 0 Å². The summed E-state index contributed by atoms with van der Waals surface area (Å²) < 4.78 is 38.8. The Bertz CT molecular complexity index is 489. The minimum absolute atomic E-state index is 0.263. The van der Waals surface area contributed by atoms with Crippen LogP contribution >= 0.6 is 0 Å². The van der Waals surface area contributed by atoms with E-state index in [-0.39, 0.29) is 5.69 Å². The van der Waals surface area contributed by atoms with E-state index in [0.717, 1.165) is 10.9 Å². The molecule has 0 fully saturated rings. The highest BCUT2D eigenvalue weighted by Crippen LogP contribution is 2.34. The first-order valence-corrected chi connectivity index (χ1v) is 4.31. The molecule has 16 heavy (non-hydrogen) atoms. The monoisotopic (exact) mass is 228 g/mol. The third-order valence-electron chi connectivity index (χ3n) is 1.97. The Morgan fingerprint density at radius 3 is 2.38 bits per heavy atom. The molecule has 0 radical (unpaired) electrons. The minimum atomic E-state index is -4.54. The highest BCUT2D eigenvalue weighted by atomic mass is 19.4. The molecular formula is C9H7F3N4. The van der Waals surface area contributed by atoms with Crippen molar-refractivity contribution in [3.05, 3.63) is 36.4 Å². The molecule has 2 heterocycles. The van der Waals surface area contributed by atoms with Crippen LogP contribution in [0.4, 0.5) is 18.9 Å². The normalized spacial score (nSPS) is 11.7. The average molecular weight is 228 g/mol. The highest BCUT2D eigenvalue weighted by Gasteiger charge is 2.38. The van der Waals surface area contributed by atoms with E-state index in [1.165, 1.54) is 24.5 Å².